The Bertz CT molecular complexity index is 3450. The van der Waals surface area contributed by atoms with Crippen molar-refractivity contribution in [2.75, 3.05) is 4.90 Å². The number of rotatable bonds is 6. The van der Waals surface area contributed by atoms with Crippen LogP contribution in [-0.4, -0.2) is 4.57 Å². The second-order valence-electron chi connectivity index (χ2n) is 16.5. The second-order valence-corrected chi connectivity index (χ2v) is 17.6. The van der Waals surface area contributed by atoms with E-state index in [0.29, 0.717) is 0 Å². The highest BCUT2D eigenvalue weighted by atomic mass is 32.1. The summed E-state index contributed by atoms with van der Waals surface area (Å²) < 4.78 is 5.00. The Morgan fingerprint density at radius 3 is 1.75 bits per heavy atom. The highest BCUT2D eigenvalue weighted by Crippen LogP contribution is 2.52. The SMILES string of the molecule is CC1(C)c2ccccc2-c2ccc(N(c3ccc(-c4ccc5c(c4)c4cc(-c6ccccc6)ccc4n5-c4ccccc4)cc3)c3cccc4c3sc3ccccc34)cc21. The quantitative estimate of drug-likeness (QED) is 0.163. The molecule has 0 bridgehead atoms. The van der Waals surface area contributed by atoms with E-state index in [2.05, 4.69) is 230 Å². The van der Waals surface area contributed by atoms with Crippen LogP contribution in [0.1, 0.15) is 25.0 Å². The van der Waals surface area contributed by atoms with Crippen LogP contribution in [0.3, 0.4) is 0 Å². The summed E-state index contributed by atoms with van der Waals surface area (Å²) in [5.74, 6) is 0. The van der Waals surface area contributed by atoms with Crippen LogP contribution in [-0.2, 0) is 5.41 Å². The Kier molecular flexibility index (Phi) is 7.79. The predicted molar refractivity (Wildman–Crippen MR) is 257 cm³/mol. The molecule has 0 spiro atoms. The zero-order valence-corrected chi connectivity index (χ0v) is 34.2. The van der Waals surface area contributed by atoms with Gasteiger partial charge in [0.1, 0.15) is 0 Å². The van der Waals surface area contributed by atoms with E-state index in [-0.39, 0.29) is 5.41 Å². The van der Waals surface area contributed by atoms with Gasteiger partial charge in [-0.15, -0.1) is 11.3 Å². The van der Waals surface area contributed by atoms with Crippen LogP contribution in [0.4, 0.5) is 17.1 Å². The van der Waals surface area contributed by atoms with Crippen LogP contribution in [0.2, 0.25) is 0 Å². The van der Waals surface area contributed by atoms with Crippen molar-refractivity contribution in [3.8, 4) is 39.1 Å². The lowest BCUT2D eigenvalue weighted by atomic mass is 9.82. The van der Waals surface area contributed by atoms with Crippen LogP contribution in [0.5, 0.6) is 0 Å². The van der Waals surface area contributed by atoms with Crippen LogP contribution in [0, 0.1) is 0 Å². The van der Waals surface area contributed by atoms with E-state index in [1.807, 2.05) is 11.3 Å². The molecule has 2 nitrogen and oxygen atoms in total. The van der Waals surface area contributed by atoms with Gasteiger partial charge < -0.3 is 9.47 Å². The highest BCUT2D eigenvalue weighted by molar-refractivity contribution is 7.26. The highest BCUT2D eigenvalue weighted by Gasteiger charge is 2.36. The average molecular weight is 785 g/mol. The molecular weight excluding hydrogens is 745 g/mol. The van der Waals surface area contributed by atoms with Crippen molar-refractivity contribution < 1.29 is 0 Å². The molecule has 0 saturated carbocycles. The molecule has 1 aliphatic rings. The third kappa shape index (κ3) is 5.33. The number of fused-ring (bicyclic) bond motifs is 9. The van der Waals surface area contributed by atoms with Crippen molar-refractivity contribution in [2.45, 2.75) is 19.3 Å². The van der Waals surface area contributed by atoms with E-state index in [0.717, 1.165) is 17.1 Å². The van der Waals surface area contributed by atoms with Gasteiger partial charge in [0.2, 0.25) is 0 Å². The van der Waals surface area contributed by atoms with Gasteiger partial charge in [-0.25, -0.2) is 0 Å². The molecule has 0 N–H and O–H groups in total. The molecule has 1 aliphatic carbocycles. The van der Waals surface area contributed by atoms with E-state index in [9.17, 15) is 0 Å². The number of aromatic nitrogens is 1. The molecule has 0 saturated heterocycles. The molecule has 0 fully saturated rings. The third-order valence-corrected chi connectivity index (χ3v) is 14.0. The van der Waals surface area contributed by atoms with Crippen LogP contribution < -0.4 is 4.90 Å². The maximum atomic E-state index is 2.47. The Morgan fingerprint density at radius 2 is 1.00 bits per heavy atom. The topological polar surface area (TPSA) is 8.17 Å². The fraction of sp³-hybridized carbons (Fsp3) is 0.0526. The van der Waals surface area contributed by atoms with Gasteiger partial charge in [0.05, 0.1) is 21.4 Å². The summed E-state index contributed by atoms with van der Waals surface area (Å²) in [6.45, 7) is 4.73. The molecule has 0 atom stereocenters. The van der Waals surface area contributed by atoms with Gasteiger partial charge in [0, 0.05) is 48.7 Å². The van der Waals surface area contributed by atoms with Crippen molar-refractivity contribution in [1.29, 1.82) is 0 Å². The molecule has 9 aromatic carbocycles. The first-order valence-corrected chi connectivity index (χ1v) is 21.6. The molecule has 0 unspecified atom stereocenters. The summed E-state index contributed by atoms with van der Waals surface area (Å²) >= 11 is 1.88. The monoisotopic (exact) mass is 784 g/mol. The number of para-hydroxylation sites is 1. The maximum absolute atomic E-state index is 2.47. The first-order chi connectivity index (χ1) is 29.5. The number of anilines is 3. The minimum absolute atomic E-state index is 0.106. The van der Waals surface area contributed by atoms with E-state index in [4.69, 9.17) is 0 Å². The largest absolute Gasteiger partial charge is 0.309 e. The summed E-state index contributed by atoms with van der Waals surface area (Å²) in [6, 6.07) is 76.1. The maximum Gasteiger partial charge on any atom is 0.0640 e. The van der Waals surface area contributed by atoms with Crippen molar-refractivity contribution in [3.05, 3.63) is 217 Å². The molecule has 0 aliphatic heterocycles. The van der Waals surface area contributed by atoms with E-state index >= 15 is 0 Å². The predicted octanol–water partition coefficient (Wildman–Crippen LogP) is 16.3. The molecule has 284 valence electrons. The summed E-state index contributed by atoms with van der Waals surface area (Å²) in [4.78, 5) is 2.47. The molecule has 0 amide bonds. The average Bonchev–Trinajstić information content (AvgIpc) is 3.92. The number of thiophene rings is 1. The minimum atomic E-state index is -0.106. The molecule has 60 heavy (non-hydrogen) atoms. The van der Waals surface area contributed by atoms with Crippen molar-refractivity contribution in [1.82, 2.24) is 4.57 Å². The van der Waals surface area contributed by atoms with Gasteiger partial charge in [-0.3, -0.25) is 0 Å². The Balaban J connectivity index is 1.01. The molecule has 3 heteroatoms. The zero-order valence-electron chi connectivity index (χ0n) is 33.4. The standard InChI is InChI=1S/C57H40N2S/c1-57(2)50-21-11-9-18-44(50)45-31-30-43(36-51(45)57)58(54-22-13-20-47-46-19-10-12-23-55(46)60-56(47)54)42-28-24-38(25-29-42)40-27-33-53-49(35-40)48-34-39(37-14-5-3-6-15-37)26-32-52(48)59(53)41-16-7-4-8-17-41/h3-36H,1-2H3. The first kappa shape index (κ1) is 34.8. The lowest BCUT2D eigenvalue weighted by Crippen LogP contribution is -2.16. The molecule has 12 rings (SSSR count). The van der Waals surface area contributed by atoms with Crippen LogP contribution in [0.15, 0.2) is 206 Å². The van der Waals surface area contributed by atoms with Gasteiger partial charge in [-0.2, -0.15) is 0 Å². The first-order valence-electron chi connectivity index (χ1n) is 20.8. The lowest BCUT2D eigenvalue weighted by molar-refractivity contribution is 0.660. The lowest BCUT2D eigenvalue weighted by Gasteiger charge is -2.28. The number of hydrogen-bond donors (Lipinski definition) is 0. The van der Waals surface area contributed by atoms with E-state index in [1.165, 1.54) is 92.2 Å². The summed E-state index contributed by atoms with van der Waals surface area (Å²) in [5, 5.41) is 5.09. The van der Waals surface area contributed by atoms with Gasteiger partial charge >= 0.3 is 0 Å². The Hall–Kier alpha value is -7.20. The summed E-state index contributed by atoms with van der Waals surface area (Å²) in [6.07, 6.45) is 0. The third-order valence-electron chi connectivity index (χ3n) is 12.8. The Labute approximate surface area is 353 Å². The second kappa shape index (κ2) is 13.4. The minimum Gasteiger partial charge on any atom is -0.309 e. The normalized spacial score (nSPS) is 13.0. The molecule has 11 aromatic rings. The fourth-order valence-corrected chi connectivity index (χ4v) is 11.0. The molecular formula is C57H40N2S. The smallest absolute Gasteiger partial charge is 0.0640 e. The van der Waals surface area contributed by atoms with Crippen LogP contribution >= 0.6 is 11.3 Å². The van der Waals surface area contributed by atoms with Gasteiger partial charge in [0.15, 0.2) is 0 Å². The van der Waals surface area contributed by atoms with Gasteiger partial charge in [-0.05, 0) is 117 Å². The van der Waals surface area contributed by atoms with E-state index < -0.39 is 0 Å². The van der Waals surface area contributed by atoms with Crippen LogP contribution in [0.25, 0.3) is 81.0 Å². The Morgan fingerprint density at radius 1 is 0.417 bits per heavy atom. The molecule has 2 aromatic heterocycles. The molecule has 0 radical (unpaired) electrons. The van der Waals surface area contributed by atoms with E-state index in [1.54, 1.807) is 0 Å². The number of hydrogen-bond acceptors (Lipinski definition) is 2. The number of benzene rings is 9. The summed E-state index contributed by atoms with van der Waals surface area (Å²) in [7, 11) is 0. The molecule has 2 heterocycles. The fourth-order valence-electron chi connectivity index (χ4n) is 9.84. The van der Waals surface area contributed by atoms with Crippen molar-refractivity contribution >= 4 is 70.4 Å². The summed E-state index contributed by atoms with van der Waals surface area (Å²) in [5.41, 5.74) is 17.2. The van der Waals surface area contributed by atoms with Gasteiger partial charge in [0.25, 0.3) is 0 Å². The number of nitrogens with zero attached hydrogens (tertiary/aromatic N) is 2. The van der Waals surface area contributed by atoms with Gasteiger partial charge in [-0.1, -0.05) is 147 Å². The van der Waals surface area contributed by atoms with Crippen molar-refractivity contribution in [2.24, 2.45) is 0 Å². The zero-order chi connectivity index (χ0) is 40.0. The van der Waals surface area contributed by atoms with Crippen molar-refractivity contribution in [3.63, 3.8) is 0 Å².